The zero-order valence-electron chi connectivity index (χ0n) is 16.7. The summed E-state index contributed by atoms with van der Waals surface area (Å²) in [5.74, 6) is 1.96. The Morgan fingerprint density at radius 2 is 1.48 bits per heavy atom. The first-order valence-corrected chi connectivity index (χ1v) is 9.89. The molecule has 3 aromatic rings. The van der Waals surface area contributed by atoms with E-state index in [1.54, 1.807) is 12.1 Å². The lowest BCUT2D eigenvalue weighted by atomic mass is 9.78. The molecule has 1 aliphatic rings. The molecule has 1 heterocycles. The number of carbonyl (C=O) groups excluding carboxylic acids is 1. The summed E-state index contributed by atoms with van der Waals surface area (Å²) in [5, 5.41) is 7.66. The smallest absolute Gasteiger partial charge is 0.238 e. The van der Waals surface area contributed by atoms with Gasteiger partial charge in [0.2, 0.25) is 5.88 Å². The molecule has 4 rings (SSSR count). The summed E-state index contributed by atoms with van der Waals surface area (Å²) in [4.78, 5) is 10.7. The maximum Gasteiger partial charge on any atom is 0.238 e. The first-order chi connectivity index (χ1) is 14.0. The fraction of sp³-hybridized carbons (Fsp3) is 0.292. The molecule has 0 amide bonds. The van der Waals surface area contributed by atoms with Crippen molar-refractivity contribution in [3.05, 3.63) is 77.5 Å². The van der Waals surface area contributed by atoms with Crippen LogP contribution in [0.15, 0.2) is 60.7 Å². The number of nitrogens with zero attached hydrogens (tertiary/aromatic N) is 2. The van der Waals surface area contributed by atoms with Gasteiger partial charge in [-0.05, 0) is 60.7 Å². The van der Waals surface area contributed by atoms with Crippen molar-refractivity contribution in [2.24, 2.45) is 0 Å². The van der Waals surface area contributed by atoms with Crippen LogP contribution in [0.5, 0.6) is 17.4 Å². The summed E-state index contributed by atoms with van der Waals surface area (Å²) >= 11 is 0. The largest absolute Gasteiger partial charge is 0.490 e. The fourth-order valence-electron chi connectivity index (χ4n) is 3.31. The molecular formula is C24H24N2O3. The highest BCUT2D eigenvalue weighted by Gasteiger charge is 2.24. The Hall–Kier alpha value is -3.21. The minimum Gasteiger partial charge on any atom is -0.490 e. The summed E-state index contributed by atoms with van der Waals surface area (Å²) in [6.45, 7) is 4.41. The molecule has 0 atom stereocenters. The highest BCUT2D eigenvalue weighted by Crippen LogP contribution is 2.34. The van der Waals surface area contributed by atoms with E-state index in [1.165, 1.54) is 17.5 Å². The molecule has 29 heavy (non-hydrogen) atoms. The molecule has 1 fully saturated rings. The Balaban J connectivity index is 1.45. The van der Waals surface area contributed by atoms with Crippen molar-refractivity contribution in [3.8, 4) is 17.4 Å². The minimum atomic E-state index is -0.154. The van der Waals surface area contributed by atoms with Gasteiger partial charge in [-0.1, -0.05) is 38.1 Å². The summed E-state index contributed by atoms with van der Waals surface area (Å²) in [6.07, 6.45) is 4.63. The number of benzene rings is 2. The van der Waals surface area contributed by atoms with Crippen LogP contribution in [0.1, 0.15) is 54.7 Å². The van der Waals surface area contributed by atoms with Gasteiger partial charge in [-0.25, -0.2) is 0 Å². The van der Waals surface area contributed by atoms with E-state index in [9.17, 15) is 4.79 Å². The zero-order chi connectivity index (χ0) is 20.3. The van der Waals surface area contributed by atoms with Gasteiger partial charge in [0.1, 0.15) is 17.2 Å². The number of rotatable bonds is 7. The monoisotopic (exact) mass is 388 g/mol. The Morgan fingerprint density at radius 3 is 1.97 bits per heavy atom. The standard InChI is InChI=1S/C24H24N2O3/c1-24(2,17-6-11-21(12-7-17)28-20-4-3-5-20)18-8-13-22(14-9-18)29-23-15-10-19(16-27)25-26-23/h6-16,20H,3-5H2,1-2H3. The van der Waals surface area contributed by atoms with E-state index in [-0.39, 0.29) is 11.1 Å². The molecule has 1 saturated carbocycles. The Labute approximate surface area is 170 Å². The lowest BCUT2D eigenvalue weighted by molar-refractivity contribution is 0.111. The first kappa shape index (κ1) is 19.1. The van der Waals surface area contributed by atoms with Crippen LogP contribution in [0.25, 0.3) is 0 Å². The molecule has 148 valence electrons. The maximum absolute atomic E-state index is 10.7. The quantitative estimate of drug-likeness (QED) is 0.511. The van der Waals surface area contributed by atoms with E-state index in [1.807, 2.05) is 12.1 Å². The predicted octanol–water partition coefficient (Wildman–Crippen LogP) is 5.34. The van der Waals surface area contributed by atoms with Gasteiger partial charge in [-0.3, -0.25) is 4.79 Å². The number of hydrogen-bond donors (Lipinski definition) is 0. The Kier molecular flexibility index (Phi) is 5.30. The fourth-order valence-corrected chi connectivity index (χ4v) is 3.31. The molecule has 0 spiro atoms. The van der Waals surface area contributed by atoms with Crippen LogP contribution in [0.4, 0.5) is 0 Å². The second-order valence-electron chi connectivity index (χ2n) is 7.86. The average Bonchev–Trinajstić information content (AvgIpc) is 2.72. The van der Waals surface area contributed by atoms with Crippen molar-refractivity contribution < 1.29 is 14.3 Å². The number of hydrogen-bond acceptors (Lipinski definition) is 5. The van der Waals surface area contributed by atoms with E-state index < -0.39 is 0 Å². The molecule has 0 unspecified atom stereocenters. The van der Waals surface area contributed by atoms with Crippen LogP contribution in [0.3, 0.4) is 0 Å². The van der Waals surface area contributed by atoms with Crippen molar-refractivity contribution in [2.75, 3.05) is 0 Å². The third kappa shape index (κ3) is 4.29. The Morgan fingerprint density at radius 1 is 0.862 bits per heavy atom. The van der Waals surface area contributed by atoms with Crippen molar-refractivity contribution in [2.45, 2.75) is 44.6 Å². The molecule has 0 saturated heterocycles. The van der Waals surface area contributed by atoms with Crippen LogP contribution in [0.2, 0.25) is 0 Å². The van der Waals surface area contributed by atoms with Crippen molar-refractivity contribution >= 4 is 6.29 Å². The molecule has 0 radical (unpaired) electrons. The molecule has 0 aliphatic heterocycles. The van der Waals surface area contributed by atoms with Gasteiger partial charge in [0.25, 0.3) is 0 Å². The first-order valence-electron chi connectivity index (χ1n) is 9.89. The molecule has 2 aromatic carbocycles. The average molecular weight is 388 g/mol. The van der Waals surface area contributed by atoms with Gasteiger partial charge in [0.15, 0.2) is 6.29 Å². The minimum absolute atomic E-state index is 0.154. The third-order valence-corrected chi connectivity index (χ3v) is 5.51. The summed E-state index contributed by atoms with van der Waals surface area (Å²) < 4.78 is 11.7. The van der Waals surface area contributed by atoms with Gasteiger partial charge in [0.05, 0.1) is 6.10 Å². The predicted molar refractivity (Wildman–Crippen MR) is 111 cm³/mol. The Bertz CT molecular complexity index is 961. The lowest BCUT2D eigenvalue weighted by Crippen LogP contribution is -2.24. The number of aromatic nitrogens is 2. The molecular weight excluding hydrogens is 364 g/mol. The summed E-state index contributed by atoms with van der Waals surface area (Å²) in [5.41, 5.74) is 2.53. The highest BCUT2D eigenvalue weighted by atomic mass is 16.5. The zero-order valence-corrected chi connectivity index (χ0v) is 16.7. The van der Waals surface area contributed by atoms with E-state index in [4.69, 9.17) is 9.47 Å². The third-order valence-electron chi connectivity index (χ3n) is 5.51. The van der Waals surface area contributed by atoms with Crippen LogP contribution in [0, 0.1) is 0 Å². The van der Waals surface area contributed by atoms with Crippen LogP contribution in [-0.2, 0) is 5.41 Å². The van der Waals surface area contributed by atoms with Crippen molar-refractivity contribution in [1.82, 2.24) is 10.2 Å². The van der Waals surface area contributed by atoms with E-state index in [2.05, 4.69) is 60.4 Å². The van der Waals surface area contributed by atoms with Crippen LogP contribution in [-0.4, -0.2) is 22.6 Å². The van der Waals surface area contributed by atoms with Crippen LogP contribution >= 0.6 is 0 Å². The van der Waals surface area contributed by atoms with Gasteiger partial charge < -0.3 is 9.47 Å². The maximum atomic E-state index is 10.7. The van der Waals surface area contributed by atoms with Gasteiger partial charge in [-0.2, -0.15) is 0 Å². The van der Waals surface area contributed by atoms with E-state index in [0.29, 0.717) is 24.0 Å². The summed E-state index contributed by atoms with van der Waals surface area (Å²) in [7, 11) is 0. The van der Waals surface area contributed by atoms with Gasteiger partial charge in [-0.15, -0.1) is 10.2 Å². The number of ether oxygens (including phenoxy) is 2. The molecule has 1 aromatic heterocycles. The normalized spacial score (nSPS) is 14.1. The van der Waals surface area contributed by atoms with E-state index in [0.717, 1.165) is 18.6 Å². The second-order valence-corrected chi connectivity index (χ2v) is 7.86. The number of aldehydes is 1. The molecule has 0 bridgehead atoms. The lowest BCUT2D eigenvalue weighted by Gasteiger charge is -2.28. The van der Waals surface area contributed by atoms with E-state index >= 15 is 0 Å². The topological polar surface area (TPSA) is 61.3 Å². The SMILES string of the molecule is CC(C)(c1ccc(Oc2ccc(C=O)nn2)cc1)c1ccc(OC2CCC2)cc1. The summed E-state index contributed by atoms with van der Waals surface area (Å²) in [6, 6.07) is 19.6. The molecule has 0 N–H and O–H groups in total. The van der Waals surface area contributed by atoms with Gasteiger partial charge >= 0.3 is 0 Å². The number of carbonyl (C=O) groups is 1. The van der Waals surface area contributed by atoms with Crippen molar-refractivity contribution in [3.63, 3.8) is 0 Å². The van der Waals surface area contributed by atoms with Crippen LogP contribution < -0.4 is 9.47 Å². The molecule has 1 aliphatic carbocycles. The highest BCUT2D eigenvalue weighted by molar-refractivity contribution is 5.71. The second kappa shape index (κ2) is 8.03. The molecule has 5 nitrogen and oxygen atoms in total. The van der Waals surface area contributed by atoms with Gasteiger partial charge in [0, 0.05) is 11.5 Å². The molecule has 5 heteroatoms. The van der Waals surface area contributed by atoms with Crippen molar-refractivity contribution in [1.29, 1.82) is 0 Å².